The molecule has 0 bridgehead atoms. The van der Waals surface area contributed by atoms with Crippen LogP contribution >= 0.6 is 0 Å². The topological polar surface area (TPSA) is 61.8 Å². The van der Waals surface area contributed by atoms with Crippen molar-refractivity contribution in [3.63, 3.8) is 0 Å². The molecule has 0 aliphatic carbocycles. The quantitative estimate of drug-likeness (QED) is 0.621. The maximum Gasteiger partial charge on any atom is 0.508 e. The number of ether oxygens (including phenoxy) is 3. The predicted octanol–water partition coefficient (Wildman–Crippen LogP) is 1.11. The van der Waals surface area contributed by atoms with Crippen molar-refractivity contribution in [1.82, 2.24) is 0 Å². The summed E-state index contributed by atoms with van der Waals surface area (Å²) in [7, 11) is 0. The molecule has 0 saturated heterocycles. The van der Waals surface area contributed by atoms with Gasteiger partial charge in [-0.3, -0.25) is 4.79 Å². The molecular weight excluding hydrogens is 176 g/mol. The number of hydrogen-bond acceptors (Lipinski definition) is 5. The van der Waals surface area contributed by atoms with Gasteiger partial charge in [-0.15, -0.1) is 0 Å². The van der Waals surface area contributed by atoms with Crippen LogP contribution in [0, 0.1) is 0 Å². The minimum Gasteiger partial charge on any atom is -0.462 e. The Labute approximate surface area is 77.0 Å². The van der Waals surface area contributed by atoms with E-state index < -0.39 is 18.2 Å². The fourth-order valence-electron chi connectivity index (χ4n) is 0.585. The van der Waals surface area contributed by atoms with E-state index in [2.05, 4.69) is 9.47 Å². The minimum atomic E-state index is -0.748. The van der Waals surface area contributed by atoms with Crippen LogP contribution in [0.4, 0.5) is 4.79 Å². The average molecular weight is 190 g/mol. The maximum atomic E-state index is 10.7. The lowest BCUT2D eigenvalue weighted by Gasteiger charge is -2.11. The first-order valence-electron chi connectivity index (χ1n) is 4.03. The average Bonchev–Trinajstić information content (AvgIpc) is 2.01. The van der Waals surface area contributed by atoms with Gasteiger partial charge in [0.15, 0.2) is 0 Å². The second kappa shape index (κ2) is 6.28. The van der Waals surface area contributed by atoms with Gasteiger partial charge in [0.05, 0.1) is 6.61 Å². The van der Waals surface area contributed by atoms with E-state index in [0.717, 1.165) is 0 Å². The molecule has 0 fully saturated rings. The summed E-state index contributed by atoms with van der Waals surface area (Å²) in [4.78, 5) is 21.1. The van der Waals surface area contributed by atoms with Crippen molar-refractivity contribution in [1.29, 1.82) is 0 Å². The largest absolute Gasteiger partial charge is 0.508 e. The summed E-state index contributed by atoms with van der Waals surface area (Å²) in [5.74, 6) is -0.403. The molecule has 0 saturated carbocycles. The van der Waals surface area contributed by atoms with Crippen LogP contribution in [-0.4, -0.2) is 31.4 Å². The predicted molar refractivity (Wildman–Crippen MR) is 44.2 cm³/mol. The molecule has 0 aromatic rings. The lowest BCUT2D eigenvalue weighted by Crippen LogP contribution is -2.22. The third kappa shape index (κ3) is 7.11. The molecule has 0 aromatic carbocycles. The zero-order valence-electron chi connectivity index (χ0n) is 8.03. The highest BCUT2D eigenvalue weighted by Gasteiger charge is 2.10. The van der Waals surface area contributed by atoms with Gasteiger partial charge in [0.1, 0.15) is 12.7 Å². The molecule has 0 aliphatic rings. The SMILES string of the molecule is CCOC(=O)OC(C)COC(C)=O. The summed E-state index contributed by atoms with van der Waals surface area (Å²) >= 11 is 0. The molecule has 1 atom stereocenters. The van der Waals surface area contributed by atoms with Crippen molar-refractivity contribution in [2.75, 3.05) is 13.2 Å². The Morgan fingerprint density at radius 1 is 1.31 bits per heavy atom. The highest BCUT2D eigenvalue weighted by Crippen LogP contribution is 1.95. The van der Waals surface area contributed by atoms with Crippen LogP contribution in [0.5, 0.6) is 0 Å². The van der Waals surface area contributed by atoms with E-state index in [1.54, 1.807) is 13.8 Å². The normalized spacial score (nSPS) is 11.6. The van der Waals surface area contributed by atoms with E-state index in [-0.39, 0.29) is 13.2 Å². The van der Waals surface area contributed by atoms with Crippen LogP contribution in [0.2, 0.25) is 0 Å². The summed E-state index contributed by atoms with van der Waals surface area (Å²) in [5, 5.41) is 0. The highest BCUT2D eigenvalue weighted by molar-refractivity contribution is 5.66. The van der Waals surface area contributed by atoms with E-state index >= 15 is 0 Å². The van der Waals surface area contributed by atoms with Gasteiger partial charge in [-0.2, -0.15) is 0 Å². The van der Waals surface area contributed by atoms with Gasteiger partial charge in [0, 0.05) is 6.92 Å². The summed E-state index contributed by atoms with van der Waals surface area (Å²) in [6.07, 6.45) is -1.23. The molecule has 0 heterocycles. The third-order valence-corrected chi connectivity index (χ3v) is 1.08. The summed E-state index contributed by atoms with van der Waals surface area (Å²) in [5.41, 5.74) is 0. The first-order chi connectivity index (χ1) is 6.06. The summed E-state index contributed by atoms with van der Waals surface area (Å²) in [6.45, 7) is 4.89. The molecule has 0 spiro atoms. The van der Waals surface area contributed by atoms with Gasteiger partial charge in [-0.05, 0) is 13.8 Å². The number of esters is 1. The van der Waals surface area contributed by atoms with E-state index in [4.69, 9.17) is 4.74 Å². The van der Waals surface area contributed by atoms with Crippen LogP contribution < -0.4 is 0 Å². The Morgan fingerprint density at radius 3 is 2.38 bits per heavy atom. The summed E-state index contributed by atoms with van der Waals surface area (Å²) in [6, 6.07) is 0. The van der Waals surface area contributed by atoms with Gasteiger partial charge in [0.2, 0.25) is 0 Å². The fraction of sp³-hybridized carbons (Fsp3) is 0.750. The van der Waals surface area contributed by atoms with Crippen LogP contribution in [0.15, 0.2) is 0 Å². The lowest BCUT2D eigenvalue weighted by atomic mass is 10.4. The van der Waals surface area contributed by atoms with E-state index in [9.17, 15) is 9.59 Å². The van der Waals surface area contributed by atoms with Crippen molar-refractivity contribution >= 4 is 12.1 Å². The van der Waals surface area contributed by atoms with Gasteiger partial charge >= 0.3 is 12.1 Å². The van der Waals surface area contributed by atoms with Crippen molar-refractivity contribution in [2.24, 2.45) is 0 Å². The lowest BCUT2D eigenvalue weighted by molar-refractivity contribution is -0.144. The Morgan fingerprint density at radius 2 is 1.92 bits per heavy atom. The van der Waals surface area contributed by atoms with Crippen LogP contribution in [-0.2, 0) is 19.0 Å². The van der Waals surface area contributed by atoms with Gasteiger partial charge in [0.25, 0.3) is 0 Å². The molecule has 1 unspecified atom stereocenters. The van der Waals surface area contributed by atoms with Gasteiger partial charge in [-0.1, -0.05) is 0 Å². The van der Waals surface area contributed by atoms with Crippen LogP contribution in [0.3, 0.4) is 0 Å². The summed E-state index contributed by atoms with van der Waals surface area (Å²) < 4.78 is 13.8. The van der Waals surface area contributed by atoms with Gasteiger partial charge < -0.3 is 14.2 Å². The Bertz CT molecular complexity index is 177. The number of hydrogen-bond donors (Lipinski definition) is 0. The first-order valence-corrected chi connectivity index (χ1v) is 4.03. The Hall–Kier alpha value is -1.26. The smallest absolute Gasteiger partial charge is 0.462 e. The molecule has 0 rings (SSSR count). The minimum absolute atomic E-state index is 0.0497. The van der Waals surface area contributed by atoms with E-state index in [0.29, 0.717) is 0 Å². The first kappa shape index (κ1) is 11.7. The van der Waals surface area contributed by atoms with E-state index in [1.807, 2.05) is 0 Å². The molecule has 0 N–H and O–H groups in total. The molecule has 0 aliphatic heterocycles. The highest BCUT2D eigenvalue weighted by atomic mass is 16.7. The van der Waals surface area contributed by atoms with Crippen molar-refractivity contribution in [3.8, 4) is 0 Å². The third-order valence-electron chi connectivity index (χ3n) is 1.08. The maximum absolute atomic E-state index is 10.7. The van der Waals surface area contributed by atoms with Crippen molar-refractivity contribution < 1.29 is 23.8 Å². The molecule has 0 radical (unpaired) electrons. The Balaban J connectivity index is 3.55. The van der Waals surface area contributed by atoms with Crippen LogP contribution in [0.1, 0.15) is 20.8 Å². The second-order valence-corrected chi connectivity index (χ2v) is 2.41. The monoisotopic (exact) mass is 190 g/mol. The molecule has 5 heteroatoms. The zero-order chi connectivity index (χ0) is 10.3. The van der Waals surface area contributed by atoms with Crippen LogP contribution in [0.25, 0.3) is 0 Å². The Kier molecular flexibility index (Phi) is 5.67. The fourth-order valence-corrected chi connectivity index (χ4v) is 0.585. The molecule has 0 amide bonds. The molecule has 76 valence electrons. The number of carbonyl (C=O) groups is 2. The molecular formula is C8H14O5. The standard InChI is InChI=1S/C8H14O5/c1-4-11-8(10)13-6(2)5-12-7(3)9/h6H,4-5H2,1-3H3. The number of rotatable bonds is 4. The van der Waals surface area contributed by atoms with Gasteiger partial charge in [-0.25, -0.2) is 4.79 Å². The zero-order valence-corrected chi connectivity index (χ0v) is 8.03. The van der Waals surface area contributed by atoms with Crippen molar-refractivity contribution in [2.45, 2.75) is 26.9 Å². The van der Waals surface area contributed by atoms with E-state index in [1.165, 1.54) is 6.92 Å². The number of carbonyl (C=O) groups excluding carboxylic acids is 2. The second-order valence-electron chi connectivity index (χ2n) is 2.41. The molecule has 13 heavy (non-hydrogen) atoms. The van der Waals surface area contributed by atoms with Crippen molar-refractivity contribution in [3.05, 3.63) is 0 Å². The molecule has 0 aromatic heterocycles. The molecule has 5 nitrogen and oxygen atoms in total.